The van der Waals surface area contributed by atoms with Crippen LogP contribution in [0, 0.1) is 5.82 Å². The molecular formula is C14H12FN3O2S. The minimum atomic E-state index is -0.530. The number of hydrogen-bond acceptors (Lipinski definition) is 4. The molecule has 0 bridgehead atoms. The van der Waals surface area contributed by atoms with Crippen LogP contribution in [0.3, 0.4) is 0 Å². The maximum absolute atomic E-state index is 12.8. The van der Waals surface area contributed by atoms with Crippen molar-refractivity contribution in [3.63, 3.8) is 0 Å². The van der Waals surface area contributed by atoms with Gasteiger partial charge in [0.25, 0.3) is 11.8 Å². The largest absolute Gasteiger partial charge is 0.272 e. The molecule has 1 heterocycles. The third-order valence-corrected chi connectivity index (χ3v) is 3.32. The highest BCUT2D eigenvalue weighted by atomic mass is 32.2. The van der Waals surface area contributed by atoms with Gasteiger partial charge in [-0.25, -0.2) is 9.37 Å². The van der Waals surface area contributed by atoms with Gasteiger partial charge in [-0.1, -0.05) is 0 Å². The summed E-state index contributed by atoms with van der Waals surface area (Å²) in [5.74, 6) is -1.43. The van der Waals surface area contributed by atoms with Crippen LogP contribution in [0.5, 0.6) is 0 Å². The van der Waals surface area contributed by atoms with Crippen LogP contribution in [-0.2, 0) is 0 Å². The van der Waals surface area contributed by atoms with Crippen molar-refractivity contribution in [1.82, 2.24) is 15.8 Å². The number of hydrogen-bond donors (Lipinski definition) is 2. The number of halogens is 1. The van der Waals surface area contributed by atoms with E-state index in [9.17, 15) is 14.0 Å². The average molecular weight is 305 g/mol. The van der Waals surface area contributed by atoms with Gasteiger partial charge in [0.1, 0.15) is 10.8 Å². The summed E-state index contributed by atoms with van der Waals surface area (Å²) in [6.07, 6.45) is 3.38. The smallest absolute Gasteiger partial charge is 0.267 e. The topological polar surface area (TPSA) is 71.1 Å². The zero-order valence-electron chi connectivity index (χ0n) is 11.1. The van der Waals surface area contributed by atoms with Gasteiger partial charge in [-0.15, -0.1) is 11.8 Å². The third kappa shape index (κ3) is 3.79. The molecule has 0 aliphatic rings. The first-order valence-corrected chi connectivity index (χ1v) is 7.19. The first-order valence-electron chi connectivity index (χ1n) is 5.97. The van der Waals surface area contributed by atoms with E-state index in [-0.39, 0.29) is 5.56 Å². The number of nitrogens with zero attached hydrogens (tertiary/aromatic N) is 1. The average Bonchev–Trinajstić information content (AvgIpc) is 2.52. The van der Waals surface area contributed by atoms with Crippen LogP contribution in [0.1, 0.15) is 20.7 Å². The molecule has 0 aliphatic carbocycles. The number of carbonyl (C=O) groups is 2. The molecule has 0 spiro atoms. The summed E-state index contributed by atoms with van der Waals surface area (Å²) >= 11 is 1.33. The van der Waals surface area contributed by atoms with Crippen LogP contribution in [0.2, 0.25) is 0 Å². The van der Waals surface area contributed by atoms with Crippen molar-refractivity contribution in [3.8, 4) is 0 Å². The second-order valence-electron chi connectivity index (χ2n) is 3.98. The fraction of sp³-hybridized carbons (Fsp3) is 0.0714. The number of hydrazine groups is 1. The number of pyridine rings is 1. The minimum Gasteiger partial charge on any atom is -0.267 e. The normalized spacial score (nSPS) is 10.0. The van der Waals surface area contributed by atoms with Crippen molar-refractivity contribution in [3.05, 3.63) is 59.5 Å². The van der Waals surface area contributed by atoms with Gasteiger partial charge in [0.15, 0.2) is 0 Å². The standard InChI is InChI=1S/C14H12FN3O2S/c1-21-14-11(3-2-8-16-14)13(20)18-17-12(19)9-4-6-10(15)7-5-9/h2-8H,1H3,(H,17,19)(H,18,20). The van der Waals surface area contributed by atoms with Crippen LogP contribution < -0.4 is 10.9 Å². The number of amides is 2. The van der Waals surface area contributed by atoms with E-state index >= 15 is 0 Å². The van der Waals surface area contributed by atoms with Crippen molar-refractivity contribution in [2.75, 3.05) is 6.26 Å². The third-order valence-electron chi connectivity index (χ3n) is 2.61. The van der Waals surface area contributed by atoms with Gasteiger partial charge in [-0.2, -0.15) is 0 Å². The summed E-state index contributed by atoms with van der Waals surface area (Å²) < 4.78 is 12.8. The second kappa shape index (κ2) is 6.85. The Morgan fingerprint density at radius 2 is 1.76 bits per heavy atom. The predicted octanol–water partition coefficient (Wildman–Crippen LogP) is 2.02. The molecule has 5 nitrogen and oxygen atoms in total. The molecule has 0 unspecified atom stereocenters. The van der Waals surface area contributed by atoms with Crippen molar-refractivity contribution in [2.45, 2.75) is 5.03 Å². The molecule has 21 heavy (non-hydrogen) atoms. The minimum absolute atomic E-state index is 0.243. The summed E-state index contributed by atoms with van der Waals surface area (Å²) in [4.78, 5) is 27.8. The van der Waals surface area contributed by atoms with Crippen molar-refractivity contribution < 1.29 is 14.0 Å². The number of nitrogens with one attached hydrogen (secondary N) is 2. The van der Waals surface area contributed by atoms with Gasteiger partial charge in [-0.3, -0.25) is 20.4 Å². The molecule has 0 saturated carbocycles. The molecule has 7 heteroatoms. The van der Waals surface area contributed by atoms with Crippen LogP contribution in [0.15, 0.2) is 47.6 Å². The Labute approximate surface area is 124 Å². The SMILES string of the molecule is CSc1ncccc1C(=O)NNC(=O)c1ccc(F)cc1. The first-order chi connectivity index (χ1) is 10.1. The van der Waals surface area contributed by atoms with E-state index in [2.05, 4.69) is 15.8 Å². The van der Waals surface area contributed by atoms with Crippen molar-refractivity contribution in [1.29, 1.82) is 0 Å². The molecule has 0 radical (unpaired) electrons. The van der Waals surface area contributed by atoms with Crippen LogP contribution in [-0.4, -0.2) is 23.1 Å². The molecule has 108 valence electrons. The lowest BCUT2D eigenvalue weighted by atomic mass is 10.2. The van der Waals surface area contributed by atoms with Gasteiger partial charge in [0.05, 0.1) is 5.56 Å². The second-order valence-corrected chi connectivity index (χ2v) is 4.77. The molecule has 2 aromatic rings. The lowest BCUT2D eigenvalue weighted by Gasteiger charge is -2.09. The summed E-state index contributed by atoms with van der Waals surface area (Å²) in [5, 5.41) is 0.561. The maximum Gasteiger partial charge on any atom is 0.272 e. The van der Waals surface area contributed by atoms with E-state index in [0.29, 0.717) is 10.6 Å². The molecule has 0 saturated heterocycles. The number of rotatable bonds is 3. The van der Waals surface area contributed by atoms with Gasteiger partial charge >= 0.3 is 0 Å². The van der Waals surface area contributed by atoms with Crippen LogP contribution in [0.4, 0.5) is 4.39 Å². The van der Waals surface area contributed by atoms with Gasteiger partial charge < -0.3 is 0 Å². The number of benzene rings is 1. The van der Waals surface area contributed by atoms with E-state index in [0.717, 1.165) is 0 Å². The van der Waals surface area contributed by atoms with Crippen LogP contribution in [0.25, 0.3) is 0 Å². The summed E-state index contributed by atoms with van der Waals surface area (Å²) in [5.41, 5.74) is 5.18. The zero-order valence-corrected chi connectivity index (χ0v) is 11.9. The molecule has 2 rings (SSSR count). The fourth-order valence-corrected chi connectivity index (χ4v) is 2.13. The lowest BCUT2D eigenvalue weighted by molar-refractivity contribution is 0.0844. The summed E-state index contributed by atoms with van der Waals surface area (Å²) in [7, 11) is 0. The van der Waals surface area contributed by atoms with Crippen LogP contribution >= 0.6 is 11.8 Å². The molecule has 0 aliphatic heterocycles. The van der Waals surface area contributed by atoms with Gasteiger partial charge in [-0.05, 0) is 42.7 Å². The van der Waals surface area contributed by atoms with Crippen molar-refractivity contribution >= 4 is 23.6 Å². The highest BCUT2D eigenvalue weighted by Gasteiger charge is 2.13. The predicted molar refractivity (Wildman–Crippen MR) is 77.4 cm³/mol. The van der Waals surface area contributed by atoms with Gasteiger partial charge in [0, 0.05) is 11.8 Å². The van der Waals surface area contributed by atoms with E-state index in [4.69, 9.17) is 0 Å². The Hall–Kier alpha value is -2.41. The molecule has 1 aromatic carbocycles. The molecule has 0 atom stereocenters. The molecule has 2 N–H and O–H groups in total. The first kappa shape index (κ1) is 15.0. The maximum atomic E-state index is 12.8. The van der Waals surface area contributed by atoms with E-state index < -0.39 is 17.6 Å². The quantitative estimate of drug-likeness (QED) is 0.672. The highest BCUT2D eigenvalue weighted by Crippen LogP contribution is 2.16. The Kier molecular flexibility index (Phi) is 4.89. The Bertz CT molecular complexity index is 662. The van der Waals surface area contributed by atoms with Gasteiger partial charge in [0.2, 0.25) is 0 Å². The Balaban J connectivity index is 2.01. The zero-order chi connectivity index (χ0) is 15.2. The van der Waals surface area contributed by atoms with E-state index in [1.807, 2.05) is 0 Å². The summed E-state index contributed by atoms with van der Waals surface area (Å²) in [6.45, 7) is 0. The number of aromatic nitrogens is 1. The monoisotopic (exact) mass is 305 g/mol. The lowest BCUT2D eigenvalue weighted by Crippen LogP contribution is -2.41. The Morgan fingerprint density at radius 3 is 2.43 bits per heavy atom. The molecule has 1 aromatic heterocycles. The summed E-state index contributed by atoms with van der Waals surface area (Å²) in [6, 6.07) is 8.24. The molecular weight excluding hydrogens is 293 g/mol. The van der Waals surface area contributed by atoms with E-state index in [1.165, 1.54) is 36.0 Å². The van der Waals surface area contributed by atoms with Crippen molar-refractivity contribution in [2.24, 2.45) is 0 Å². The number of carbonyl (C=O) groups excluding carboxylic acids is 2. The highest BCUT2D eigenvalue weighted by molar-refractivity contribution is 7.98. The fourth-order valence-electron chi connectivity index (χ4n) is 1.58. The molecule has 0 fully saturated rings. The number of thioether (sulfide) groups is 1. The Morgan fingerprint density at radius 1 is 1.10 bits per heavy atom. The van der Waals surface area contributed by atoms with E-state index in [1.54, 1.807) is 24.6 Å². The molecule has 2 amide bonds.